The number of aryl methyl sites for hydroxylation is 1. The zero-order chi connectivity index (χ0) is 19.3. The Bertz CT molecular complexity index is 938. The highest BCUT2D eigenvalue weighted by atomic mass is 15.3. The molecule has 1 saturated heterocycles. The van der Waals surface area contributed by atoms with Crippen molar-refractivity contribution in [3.63, 3.8) is 0 Å². The number of para-hydroxylation sites is 2. The number of hydrogen-bond acceptors (Lipinski definition) is 3. The molecule has 0 unspecified atom stereocenters. The Morgan fingerprint density at radius 2 is 1.71 bits per heavy atom. The molecule has 6 heteroatoms. The monoisotopic (exact) mass is 376 g/mol. The molecule has 1 fully saturated rings. The summed E-state index contributed by atoms with van der Waals surface area (Å²) in [6.45, 7) is 5.73. The van der Waals surface area contributed by atoms with E-state index in [0.717, 1.165) is 55.5 Å². The normalized spacial score (nSPS) is 15.9. The number of rotatable bonds is 4. The average molecular weight is 377 g/mol. The summed E-state index contributed by atoms with van der Waals surface area (Å²) in [6.07, 6.45) is 0. The molecule has 28 heavy (non-hydrogen) atoms. The van der Waals surface area contributed by atoms with Crippen LogP contribution in [0.25, 0.3) is 11.0 Å². The van der Waals surface area contributed by atoms with Crippen LogP contribution < -0.4 is 5.32 Å². The summed E-state index contributed by atoms with van der Waals surface area (Å²) in [6, 6.07) is 18.9. The van der Waals surface area contributed by atoms with Crippen molar-refractivity contribution in [2.45, 2.75) is 13.1 Å². The van der Waals surface area contributed by atoms with Gasteiger partial charge in [-0.15, -0.1) is 0 Å². The molecule has 146 valence electrons. The molecule has 4 rings (SSSR count). The highest BCUT2D eigenvalue weighted by molar-refractivity contribution is 5.80. The van der Waals surface area contributed by atoms with Crippen LogP contribution in [0.3, 0.4) is 0 Å². The fraction of sp³-hybridized carbons (Fsp3) is 0.364. The second-order valence-electron chi connectivity index (χ2n) is 7.23. The van der Waals surface area contributed by atoms with Crippen molar-refractivity contribution < 1.29 is 0 Å². The van der Waals surface area contributed by atoms with Crippen LogP contribution in [0.4, 0.5) is 0 Å². The van der Waals surface area contributed by atoms with Gasteiger partial charge in [0.05, 0.1) is 17.6 Å². The van der Waals surface area contributed by atoms with Gasteiger partial charge in [0.15, 0.2) is 5.96 Å². The average Bonchev–Trinajstić information content (AvgIpc) is 3.06. The van der Waals surface area contributed by atoms with Crippen LogP contribution in [0.15, 0.2) is 59.6 Å². The fourth-order valence-electron chi connectivity index (χ4n) is 3.80. The number of aromatic nitrogens is 2. The number of nitrogens with one attached hydrogen (secondary N) is 1. The van der Waals surface area contributed by atoms with Crippen molar-refractivity contribution in [3.05, 3.63) is 66.0 Å². The van der Waals surface area contributed by atoms with Crippen molar-refractivity contribution >= 4 is 17.0 Å². The molecule has 1 aromatic heterocycles. The van der Waals surface area contributed by atoms with Gasteiger partial charge >= 0.3 is 0 Å². The summed E-state index contributed by atoms with van der Waals surface area (Å²) >= 11 is 0. The van der Waals surface area contributed by atoms with E-state index in [9.17, 15) is 0 Å². The molecular weight excluding hydrogens is 348 g/mol. The molecule has 6 nitrogen and oxygen atoms in total. The van der Waals surface area contributed by atoms with E-state index in [1.807, 2.05) is 13.1 Å². The smallest absolute Gasteiger partial charge is 0.194 e. The van der Waals surface area contributed by atoms with E-state index in [1.54, 1.807) is 0 Å². The zero-order valence-electron chi connectivity index (χ0n) is 16.7. The van der Waals surface area contributed by atoms with Crippen molar-refractivity contribution in [3.8, 4) is 0 Å². The van der Waals surface area contributed by atoms with Crippen LogP contribution in [-0.4, -0.2) is 58.5 Å². The van der Waals surface area contributed by atoms with Crippen molar-refractivity contribution in [1.29, 1.82) is 0 Å². The van der Waals surface area contributed by atoms with Gasteiger partial charge in [-0.2, -0.15) is 0 Å². The van der Waals surface area contributed by atoms with E-state index in [4.69, 9.17) is 4.98 Å². The van der Waals surface area contributed by atoms with E-state index >= 15 is 0 Å². The van der Waals surface area contributed by atoms with E-state index in [1.165, 1.54) is 5.56 Å². The first kappa shape index (κ1) is 18.5. The Kier molecular flexibility index (Phi) is 5.58. The minimum Gasteiger partial charge on any atom is -0.349 e. The standard InChI is InChI=1S/C22H28N6/c1-23-22(24-16-21-25-19-10-6-7-11-20(19)26(21)2)28-14-12-27(13-15-28)17-18-8-4-3-5-9-18/h3-11H,12-17H2,1-2H3,(H,23,24). The van der Waals surface area contributed by atoms with Gasteiger partial charge < -0.3 is 14.8 Å². The van der Waals surface area contributed by atoms with Gasteiger partial charge in [0.2, 0.25) is 0 Å². The summed E-state index contributed by atoms with van der Waals surface area (Å²) in [5, 5.41) is 3.50. The number of piperazine rings is 1. The Hall–Kier alpha value is -2.86. The first-order valence-corrected chi connectivity index (χ1v) is 9.87. The Balaban J connectivity index is 1.33. The maximum atomic E-state index is 4.74. The number of nitrogens with zero attached hydrogens (tertiary/aromatic N) is 5. The third-order valence-corrected chi connectivity index (χ3v) is 5.42. The quantitative estimate of drug-likeness (QED) is 0.561. The first-order chi connectivity index (χ1) is 13.7. The fourth-order valence-corrected chi connectivity index (χ4v) is 3.80. The van der Waals surface area contributed by atoms with Gasteiger partial charge in [0, 0.05) is 46.8 Å². The van der Waals surface area contributed by atoms with E-state index in [0.29, 0.717) is 6.54 Å². The first-order valence-electron chi connectivity index (χ1n) is 9.87. The summed E-state index contributed by atoms with van der Waals surface area (Å²) in [5.74, 6) is 1.97. The second kappa shape index (κ2) is 8.44. The van der Waals surface area contributed by atoms with Crippen molar-refractivity contribution in [2.24, 2.45) is 12.0 Å². The van der Waals surface area contributed by atoms with Gasteiger partial charge in [-0.25, -0.2) is 4.98 Å². The molecular formula is C22H28N6. The number of aliphatic imine (C=N–C) groups is 1. The van der Waals surface area contributed by atoms with Crippen LogP contribution in [0.2, 0.25) is 0 Å². The number of fused-ring (bicyclic) bond motifs is 1. The predicted molar refractivity (Wildman–Crippen MR) is 114 cm³/mol. The maximum absolute atomic E-state index is 4.74. The van der Waals surface area contributed by atoms with Crippen LogP contribution in [-0.2, 0) is 20.1 Å². The molecule has 1 aliphatic rings. The summed E-state index contributed by atoms with van der Waals surface area (Å²) in [7, 11) is 3.92. The van der Waals surface area contributed by atoms with Crippen LogP contribution >= 0.6 is 0 Å². The number of guanidine groups is 1. The lowest BCUT2D eigenvalue weighted by molar-refractivity contribution is 0.172. The second-order valence-corrected chi connectivity index (χ2v) is 7.23. The highest BCUT2D eigenvalue weighted by Gasteiger charge is 2.20. The third kappa shape index (κ3) is 4.02. The van der Waals surface area contributed by atoms with Crippen molar-refractivity contribution in [2.75, 3.05) is 33.2 Å². The zero-order valence-corrected chi connectivity index (χ0v) is 16.7. The number of imidazole rings is 1. The molecule has 2 heterocycles. The van der Waals surface area contributed by atoms with Gasteiger partial charge in [-0.3, -0.25) is 9.89 Å². The molecule has 2 aromatic carbocycles. The van der Waals surface area contributed by atoms with Gasteiger partial charge in [-0.05, 0) is 17.7 Å². The molecule has 0 radical (unpaired) electrons. The number of benzene rings is 2. The maximum Gasteiger partial charge on any atom is 0.194 e. The van der Waals surface area contributed by atoms with Crippen molar-refractivity contribution in [1.82, 2.24) is 24.7 Å². The molecule has 0 bridgehead atoms. The molecule has 0 aliphatic carbocycles. The molecule has 1 aliphatic heterocycles. The molecule has 1 N–H and O–H groups in total. The summed E-state index contributed by atoms with van der Waals surface area (Å²) < 4.78 is 2.15. The minimum absolute atomic E-state index is 0.669. The van der Waals surface area contributed by atoms with Gasteiger partial charge in [0.25, 0.3) is 0 Å². The Labute approximate surface area is 166 Å². The molecule has 0 saturated carbocycles. The number of hydrogen-bond donors (Lipinski definition) is 1. The van der Waals surface area contributed by atoms with Crippen LogP contribution in [0.5, 0.6) is 0 Å². The molecule has 3 aromatic rings. The summed E-state index contributed by atoms with van der Waals surface area (Å²) in [4.78, 5) is 14.1. The molecule has 0 spiro atoms. The van der Waals surface area contributed by atoms with Gasteiger partial charge in [-0.1, -0.05) is 42.5 Å². The molecule has 0 atom stereocenters. The Morgan fingerprint density at radius 1 is 1.00 bits per heavy atom. The largest absolute Gasteiger partial charge is 0.349 e. The lowest BCUT2D eigenvalue weighted by atomic mass is 10.2. The van der Waals surface area contributed by atoms with E-state index in [-0.39, 0.29) is 0 Å². The predicted octanol–water partition coefficient (Wildman–Crippen LogP) is 2.47. The van der Waals surface area contributed by atoms with E-state index < -0.39 is 0 Å². The SMILES string of the molecule is CN=C(NCc1nc2ccccc2n1C)N1CCN(Cc2ccccc2)CC1. The lowest BCUT2D eigenvalue weighted by Crippen LogP contribution is -2.52. The molecule has 0 amide bonds. The third-order valence-electron chi connectivity index (χ3n) is 5.42. The van der Waals surface area contributed by atoms with Gasteiger partial charge in [0.1, 0.15) is 5.82 Å². The highest BCUT2D eigenvalue weighted by Crippen LogP contribution is 2.14. The van der Waals surface area contributed by atoms with Crippen LogP contribution in [0.1, 0.15) is 11.4 Å². The summed E-state index contributed by atoms with van der Waals surface area (Å²) in [5.41, 5.74) is 3.57. The van der Waals surface area contributed by atoms with E-state index in [2.05, 4.69) is 80.3 Å². The Morgan fingerprint density at radius 3 is 2.43 bits per heavy atom. The minimum atomic E-state index is 0.669. The van der Waals surface area contributed by atoms with Crippen LogP contribution in [0, 0.1) is 0 Å². The lowest BCUT2D eigenvalue weighted by Gasteiger charge is -2.36. The topological polar surface area (TPSA) is 48.7 Å².